The average Bonchev–Trinajstić information content (AvgIpc) is 2.09. The van der Waals surface area contributed by atoms with Gasteiger partial charge in [0.05, 0.1) is 10.0 Å². The molecule has 0 aliphatic rings. The Labute approximate surface area is 84.4 Å². The highest BCUT2D eigenvalue weighted by atomic mass is 79.9. The fraction of sp³-hybridized carbons (Fsp3) is 0.100. The van der Waals surface area contributed by atoms with Crippen molar-refractivity contribution >= 4 is 27.8 Å². The Kier molecular flexibility index (Phi) is 2.98. The van der Waals surface area contributed by atoms with Gasteiger partial charge in [0.2, 0.25) is 0 Å². The zero-order valence-corrected chi connectivity index (χ0v) is 8.69. The van der Waals surface area contributed by atoms with E-state index >= 15 is 0 Å². The van der Waals surface area contributed by atoms with E-state index in [1.54, 1.807) is 13.0 Å². The molecule has 0 saturated heterocycles. The predicted octanol–water partition coefficient (Wildman–Crippen LogP) is 3.43. The average molecular weight is 243 g/mol. The molecule has 3 heteroatoms. The third-order valence-electron chi connectivity index (χ3n) is 1.68. The van der Waals surface area contributed by atoms with Crippen molar-refractivity contribution in [3.8, 4) is 0 Å². The van der Waals surface area contributed by atoms with E-state index in [0.717, 1.165) is 11.1 Å². The van der Waals surface area contributed by atoms with Crippen LogP contribution in [0.1, 0.15) is 22.8 Å². The van der Waals surface area contributed by atoms with Crippen molar-refractivity contribution in [2.24, 2.45) is 0 Å². The van der Waals surface area contributed by atoms with Crippen LogP contribution in [-0.2, 0) is 0 Å². The lowest BCUT2D eigenvalue weighted by atomic mass is 10.1. The molecule has 1 aromatic rings. The van der Waals surface area contributed by atoms with Crippen molar-refractivity contribution in [2.75, 3.05) is 0 Å². The van der Waals surface area contributed by atoms with Crippen LogP contribution in [0, 0.1) is 5.82 Å². The number of rotatable bonds is 2. The van der Waals surface area contributed by atoms with Gasteiger partial charge >= 0.3 is 0 Å². The van der Waals surface area contributed by atoms with Gasteiger partial charge < -0.3 is 0 Å². The normalized spacial score (nSPS) is 9.77. The van der Waals surface area contributed by atoms with Crippen LogP contribution in [0.3, 0.4) is 0 Å². The number of carbonyl (C=O) groups is 1. The van der Waals surface area contributed by atoms with Gasteiger partial charge in [-0.3, -0.25) is 4.79 Å². The standard InChI is InChI=1S/C10H8BrFO/c1-6(2)7-3-8(5-13)10(12)9(11)4-7/h3-5H,1H2,2H3. The molecule has 0 heterocycles. The highest BCUT2D eigenvalue weighted by Gasteiger charge is 2.08. The van der Waals surface area contributed by atoms with E-state index in [0.29, 0.717) is 6.29 Å². The molecule has 0 aliphatic heterocycles. The Morgan fingerprint density at radius 3 is 2.69 bits per heavy atom. The summed E-state index contributed by atoms with van der Waals surface area (Å²) >= 11 is 3.03. The van der Waals surface area contributed by atoms with Gasteiger partial charge in [-0.25, -0.2) is 4.39 Å². The molecule has 0 bridgehead atoms. The Balaban J connectivity index is 3.38. The van der Waals surface area contributed by atoms with Gasteiger partial charge in [0.25, 0.3) is 0 Å². The largest absolute Gasteiger partial charge is 0.298 e. The maximum Gasteiger partial charge on any atom is 0.153 e. The molecule has 0 fully saturated rings. The second-order valence-electron chi connectivity index (χ2n) is 2.76. The van der Waals surface area contributed by atoms with Crippen LogP contribution in [0.2, 0.25) is 0 Å². The Hall–Kier alpha value is -0.960. The van der Waals surface area contributed by atoms with Crippen molar-refractivity contribution in [1.29, 1.82) is 0 Å². The molecule has 0 radical (unpaired) electrons. The van der Waals surface area contributed by atoms with Gasteiger partial charge in [-0.2, -0.15) is 0 Å². The summed E-state index contributed by atoms with van der Waals surface area (Å²) in [5, 5.41) is 0. The first-order valence-corrected chi connectivity index (χ1v) is 4.45. The molecule has 0 unspecified atom stereocenters. The number of hydrogen-bond acceptors (Lipinski definition) is 1. The molecule has 0 atom stereocenters. The van der Waals surface area contributed by atoms with E-state index in [-0.39, 0.29) is 10.0 Å². The highest BCUT2D eigenvalue weighted by molar-refractivity contribution is 9.10. The molecule has 0 N–H and O–H groups in total. The van der Waals surface area contributed by atoms with Crippen LogP contribution in [0.4, 0.5) is 4.39 Å². The van der Waals surface area contributed by atoms with E-state index < -0.39 is 5.82 Å². The van der Waals surface area contributed by atoms with Crippen molar-refractivity contribution in [3.63, 3.8) is 0 Å². The third kappa shape index (κ3) is 2.04. The van der Waals surface area contributed by atoms with Gasteiger partial charge in [0.15, 0.2) is 6.29 Å². The smallest absolute Gasteiger partial charge is 0.153 e. The minimum absolute atomic E-state index is 0.0485. The molecular weight excluding hydrogens is 235 g/mol. The number of halogens is 2. The molecule has 0 spiro atoms. The second kappa shape index (κ2) is 3.83. The van der Waals surface area contributed by atoms with Gasteiger partial charge in [-0.05, 0) is 40.5 Å². The van der Waals surface area contributed by atoms with Gasteiger partial charge in [-0.1, -0.05) is 12.2 Å². The Morgan fingerprint density at radius 2 is 2.23 bits per heavy atom. The molecule has 0 aromatic heterocycles. The first kappa shape index (κ1) is 10.1. The minimum Gasteiger partial charge on any atom is -0.298 e. The molecule has 1 nitrogen and oxygen atoms in total. The van der Waals surface area contributed by atoms with E-state index in [9.17, 15) is 9.18 Å². The van der Waals surface area contributed by atoms with Crippen molar-refractivity contribution in [3.05, 3.63) is 40.1 Å². The van der Waals surface area contributed by atoms with E-state index in [1.165, 1.54) is 6.07 Å². The summed E-state index contributed by atoms with van der Waals surface area (Å²) in [6, 6.07) is 3.08. The summed E-state index contributed by atoms with van der Waals surface area (Å²) in [7, 11) is 0. The van der Waals surface area contributed by atoms with Gasteiger partial charge in [0.1, 0.15) is 5.82 Å². The van der Waals surface area contributed by atoms with Gasteiger partial charge in [-0.15, -0.1) is 0 Å². The van der Waals surface area contributed by atoms with Crippen LogP contribution in [0.25, 0.3) is 5.57 Å². The van der Waals surface area contributed by atoms with E-state index in [1.807, 2.05) is 0 Å². The molecule has 1 aromatic carbocycles. The Bertz CT molecular complexity index is 371. The predicted molar refractivity (Wildman–Crippen MR) is 54.2 cm³/mol. The molecule has 13 heavy (non-hydrogen) atoms. The molecule has 0 aliphatic carbocycles. The second-order valence-corrected chi connectivity index (χ2v) is 3.61. The first-order valence-electron chi connectivity index (χ1n) is 3.66. The SMILES string of the molecule is C=C(C)c1cc(Br)c(F)c(C=O)c1. The third-order valence-corrected chi connectivity index (χ3v) is 2.25. The Morgan fingerprint density at radius 1 is 1.62 bits per heavy atom. The summed E-state index contributed by atoms with van der Waals surface area (Å²) in [5.41, 5.74) is 1.60. The molecule has 68 valence electrons. The number of carbonyl (C=O) groups excluding carboxylic acids is 1. The zero-order valence-electron chi connectivity index (χ0n) is 7.10. The lowest BCUT2D eigenvalue weighted by Crippen LogP contribution is -1.91. The zero-order chi connectivity index (χ0) is 10.0. The van der Waals surface area contributed by atoms with Gasteiger partial charge in [0, 0.05) is 0 Å². The summed E-state index contributed by atoms with van der Waals surface area (Å²) in [6.07, 6.45) is 0.493. The minimum atomic E-state index is -0.528. The van der Waals surface area contributed by atoms with Crippen LogP contribution in [0.15, 0.2) is 23.2 Å². The summed E-state index contributed by atoms with van der Waals surface area (Å²) in [6.45, 7) is 5.51. The van der Waals surface area contributed by atoms with Crippen molar-refractivity contribution in [1.82, 2.24) is 0 Å². The van der Waals surface area contributed by atoms with E-state index in [2.05, 4.69) is 22.5 Å². The summed E-state index contributed by atoms with van der Waals surface area (Å²) < 4.78 is 13.4. The van der Waals surface area contributed by atoms with Crippen LogP contribution >= 0.6 is 15.9 Å². The molecular formula is C10H8BrFO. The topological polar surface area (TPSA) is 17.1 Å². The molecule has 0 saturated carbocycles. The molecule has 0 amide bonds. The maximum atomic E-state index is 13.1. The van der Waals surface area contributed by atoms with Crippen LogP contribution in [0.5, 0.6) is 0 Å². The monoisotopic (exact) mass is 242 g/mol. The summed E-state index contributed by atoms with van der Waals surface area (Å²) in [5.74, 6) is -0.528. The fourth-order valence-electron chi connectivity index (χ4n) is 0.942. The lowest BCUT2D eigenvalue weighted by molar-refractivity contribution is 0.111. The quantitative estimate of drug-likeness (QED) is 0.727. The van der Waals surface area contributed by atoms with Crippen molar-refractivity contribution in [2.45, 2.75) is 6.92 Å². The lowest BCUT2D eigenvalue weighted by Gasteiger charge is -2.03. The highest BCUT2D eigenvalue weighted by Crippen LogP contribution is 2.23. The number of aldehydes is 1. The number of benzene rings is 1. The van der Waals surface area contributed by atoms with Crippen LogP contribution < -0.4 is 0 Å². The number of allylic oxidation sites excluding steroid dienone is 1. The maximum absolute atomic E-state index is 13.1. The first-order chi connectivity index (χ1) is 6.06. The van der Waals surface area contributed by atoms with Crippen molar-refractivity contribution < 1.29 is 9.18 Å². The fourth-order valence-corrected chi connectivity index (χ4v) is 1.42. The molecule has 1 rings (SSSR count). The van der Waals surface area contributed by atoms with E-state index in [4.69, 9.17) is 0 Å². The van der Waals surface area contributed by atoms with Crippen LogP contribution in [-0.4, -0.2) is 6.29 Å². The summed E-state index contributed by atoms with van der Waals surface area (Å²) in [4.78, 5) is 10.5. The number of hydrogen-bond donors (Lipinski definition) is 0.